The largest absolute Gasteiger partial charge is 0.451 e. The highest BCUT2D eigenvalue weighted by atomic mass is 35.5. The standard InChI is InChI=1S/C13H8ClF3N4O2/c1-5-6-3-2-4-7(14)9(6)23-8(5)10(22)18-12-19-11(20-21-12)13(15,16)17/h2-4H,1H3,(H2,18,19,20,21,22). The zero-order valence-electron chi connectivity index (χ0n) is 11.5. The van der Waals surface area contributed by atoms with Crippen molar-refractivity contribution in [2.24, 2.45) is 0 Å². The highest BCUT2D eigenvalue weighted by molar-refractivity contribution is 6.35. The first-order valence-electron chi connectivity index (χ1n) is 6.26. The molecule has 120 valence electrons. The molecule has 2 aromatic heterocycles. The van der Waals surface area contributed by atoms with Crippen molar-refractivity contribution in [2.75, 3.05) is 5.32 Å². The quantitative estimate of drug-likeness (QED) is 0.741. The number of fused-ring (bicyclic) bond motifs is 1. The van der Waals surface area contributed by atoms with Crippen LogP contribution in [0, 0.1) is 6.92 Å². The van der Waals surface area contributed by atoms with Gasteiger partial charge in [0, 0.05) is 10.9 Å². The number of rotatable bonds is 2. The lowest BCUT2D eigenvalue weighted by atomic mass is 10.1. The fraction of sp³-hybridized carbons (Fsp3) is 0.154. The van der Waals surface area contributed by atoms with Crippen LogP contribution in [0.15, 0.2) is 22.6 Å². The molecule has 0 spiro atoms. The van der Waals surface area contributed by atoms with Crippen LogP contribution in [0.1, 0.15) is 21.9 Å². The summed E-state index contributed by atoms with van der Waals surface area (Å²) in [7, 11) is 0. The molecule has 2 N–H and O–H groups in total. The second-order valence-corrected chi connectivity index (χ2v) is 5.04. The maximum absolute atomic E-state index is 12.4. The minimum Gasteiger partial charge on any atom is -0.449 e. The van der Waals surface area contributed by atoms with E-state index in [0.717, 1.165) is 0 Å². The van der Waals surface area contributed by atoms with Crippen molar-refractivity contribution in [1.82, 2.24) is 15.2 Å². The normalized spacial score (nSPS) is 11.9. The molecular formula is C13H8ClF3N4O2. The van der Waals surface area contributed by atoms with Gasteiger partial charge in [-0.3, -0.25) is 15.2 Å². The molecule has 23 heavy (non-hydrogen) atoms. The van der Waals surface area contributed by atoms with Gasteiger partial charge in [0.15, 0.2) is 11.3 Å². The summed E-state index contributed by atoms with van der Waals surface area (Å²) >= 11 is 5.98. The van der Waals surface area contributed by atoms with E-state index in [4.69, 9.17) is 16.0 Å². The Labute approximate surface area is 131 Å². The third-order valence-corrected chi connectivity index (χ3v) is 3.40. The minimum atomic E-state index is -4.68. The number of aromatic nitrogens is 3. The van der Waals surface area contributed by atoms with E-state index in [1.807, 2.05) is 0 Å². The second-order valence-electron chi connectivity index (χ2n) is 4.63. The van der Waals surface area contributed by atoms with Gasteiger partial charge in [-0.1, -0.05) is 23.7 Å². The fourth-order valence-corrected chi connectivity index (χ4v) is 2.24. The van der Waals surface area contributed by atoms with Crippen molar-refractivity contribution in [3.8, 4) is 0 Å². The van der Waals surface area contributed by atoms with E-state index in [-0.39, 0.29) is 5.76 Å². The Kier molecular flexibility index (Phi) is 3.52. The van der Waals surface area contributed by atoms with Crippen LogP contribution in [0.25, 0.3) is 11.0 Å². The van der Waals surface area contributed by atoms with Crippen molar-refractivity contribution in [1.29, 1.82) is 0 Å². The molecule has 2 heterocycles. The lowest BCUT2D eigenvalue weighted by Gasteiger charge is -1.99. The minimum absolute atomic E-state index is 0.0774. The lowest BCUT2D eigenvalue weighted by Crippen LogP contribution is -2.13. The number of aromatic amines is 1. The number of hydrogen-bond donors (Lipinski definition) is 2. The van der Waals surface area contributed by atoms with E-state index >= 15 is 0 Å². The van der Waals surface area contributed by atoms with Crippen molar-refractivity contribution in [2.45, 2.75) is 13.1 Å². The van der Waals surface area contributed by atoms with Gasteiger partial charge in [-0.2, -0.15) is 18.2 Å². The molecule has 0 radical (unpaired) electrons. The van der Waals surface area contributed by atoms with Crippen LogP contribution in [-0.2, 0) is 6.18 Å². The topological polar surface area (TPSA) is 83.8 Å². The molecule has 0 aliphatic rings. The molecule has 0 aliphatic heterocycles. The van der Waals surface area contributed by atoms with Crippen LogP contribution in [0.4, 0.5) is 19.1 Å². The molecule has 6 nitrogen and oxygen atoms in total. The maximum atomic E-state index is 12.4. The third-order valence-electron chi connectivity index (χ3n) is 3.10. The average molecular weight is 345 g/mol. The molecule has 0 unspecified atom stereocenters. The number of carbonyl (C=O) groups is 1. The number of nitrogens with zero attached hydrogens (tertiary/aromatic N) is 2. The van der Waals surface area contributed by atoms with Crippen LogP contribution in [-0.4, -0.2) is 21.1 Å². The molecule has 1 aromatic carbocycles. The lowest BCUT2D eigenvalue weighted by molar-refractivity contribution is -0.144. The van der Waals surface area contributed by atoms with Crippen molar-refractivity contribution < 1.29 is 22.4 Å². The Morgan fingerprint density at radius 2 is 2.13 bits per heavy atom. The van der Waals surface area contributed by atoms with Crippen LogP contribution in [0.5, 0.6) is 0 Å². The molecule has 0 saturated heterocycles. The van der Waals surface area contributed by atoms with E-state index in [0.29, 0.717) is 21.6 Å². The first-order chi connectivity index (χ1) is 10.8. The van der Waals surface area contributed by atoms with Gasteiger partial charge in [0.1, 0.15) is 0 Å². The number of para-hydroxylation sites is 1. The Morgan fingerprint density at radius 3 is 2.74 bits per heavy atom. The molecule has 0 bridgehead atoms. The number of benzene rings is 1. The number of aryl methyl sites for hydroxylation is 1. The Morgan fingerprint density at radius 1 is 1.39 bits per heavy atom. The number of furan rings is 1. The number of carbonyl (C=O) groups excluding carboxylic acids is 1. The highest BCUT2D eigenvalue weighted by Crippen LogP contribution is 2.31. The summed E-state index contributed by atoms with van der Waals surface area (Å²) in [4.78, 5) is 15.3. The molecule has 3 aromatic rings. The van der Waals surface area contributed by atoms with E-state index in [1.165, 1.54) is 0 Å². The molecule has 0 saturated carbocycles. The fourth-order valence-electron chi connectivity index (χ4n) is 2.03. The molecule has 0 atom stereocenters. The summed E-state index contributed by atoms with van der Waals surface area (Å²) in [5, 5.41) is 8.09. The Hall–Kier alpha value is -2.55. The van der Waals surface area contributed by atoms with Gasteiger partial charge in [-0.05, 0) is 13.0 Å². The van der Waals surface area contributed by atoms with E-state index in [9.17, 15) is 18.0 Å². The summed E-state index contributed by atoms with van der Waals surface area (Å²) in [5.41, 5.74) is 0.828. The summed E-state index contributed by atoms with van der Waals surface area (Å²) < 4.78 is 42.7. The number of hydrogen-bond acceptors (Lipinski definition) is 4. The molecular weight excluding hydrogens is 337 g/mol. The molecule has 3 rings (SSSR count). The number of H-pyrrole nitrogens is 1. The van der Waals surface area contributed by atoms with E-state index in [2.05, 4.69) is 15.4 Å². The van der Waals surface area contributed by atoms with Gasteiger partial charge in [-0.15, -0.1) is 5.10 Å². The van der Waals surface area contributed by atoms with Crippen LogP contribution in [0.2, 0.25) is 5.02 Å². The molecule has 0 aliphatic carbocycles. The highest BCUT2D eigenvalue weighted by Gasteiger charge is 2.35. The van der Waals surface area contributed by atoms with Crippen molar-refractivity contribution in [3.63, 3.8) is 0 Å². The van der Waals surface area contributed by atoms with Gasteiger partial charge in [-0.25, -0.2) is 0 Å². The SMILES string of the molecule is Cc1c(C(=O)Nc2n[nH]c(C(F)(F)F)n2)oc2c(Cl)cccc12. The Bertz CT molecular complexity index is 900. The number of alkyl halides is 3. The summed E-state index contributed by atoms with van der Waals surface area (Å²) in [6.07, 6.45) is -4.68. The summed E-state index contributed by atoms with van der Waals surface area (Å²) in [6.45, 7) is 1.64. The summed E-state index contributed by atoms with van der Waals surface area (Å²) in [6, 6.07) is 5.00. The van der Waals surface area contributed by atoms with Gasteiger partial charge < -0.3 is 4.42 Å². The molecule has 0 fully saturated rings. The maximum Gasteiger partial charge on any atom is 0.451 e. The van der Waals surface area contributed by atoms with Crippen LogP contribution >= 0.6 is 11.6 Å². The van der Waals surface area contributed by atoms with E-state index < -0.39 is 23.9 Å². The number of amides is 1. The number of halogens is 4. The average Bonchev–Trinajstić information content (AvgIpc) is 3.05. The number of anilines is 1. The summed E-state index contributed by atoms with van der Waals surface area (Å²) in [5.74, 6) is -2.67. The smallest absolute Gasteiger partial charge is 0.449 e. The zero-order valence-corrected chi connectivity index (χ0v) is 12.2. The zero-order chi connectivity index (χ0) is 16.8. The molecule has 1 amide bonds. The predicted octanol–water partition coefficient (Wildman–Crippen LogP) is 3.78. The van der Waals surface area contributed by atoms with Gasteiger partial charge in [0.05, 0.1) is 5.02 Å². The van der Waals surface area contributed by atoms with Gasteiger partial charge in [0.2, 0.25) is 11.8 Å². The third kappa shape index (κ3) is 2.74. The van der Waals surface area contributed by atoms with Crippen LogP contribution < -0.4 is 5.32 Å². The van der Waals surface area contributed by atoms with Gasteiger partial charge in [0.25, 0.3) is 5.91 Å². The molecule has 10 heteroatoms. The predicted molar refractivity (Wildman–Crippen MR) is 75.3 cm³/mol. The Balaban J connectivity index is 1.91. The first-order valence-corrected chi connectivity index (χ1v) is 6.63. The second kappa shape index (κ2) is 5.27. The van der Waals surface area contributed by atoms with Gasteiger partial charge >= 0.3 is 6.18 Å². The van der Waals surface area contributed by atoms with Crippen molar-refractivity contribution in [3.05, 3.63) is 40.4 Å². The van der Waals surface area contributed by atoms with Crippen molar-refractivity contribution >= 4 is 34.4 Å². The monoisotopic (exact) mass is 344 g/mol. The van der Waals surface area contributed by atoms with Crippen LogP contribution in [0.3, 0.4) is 0 Å². The van der Waals surface area contributed by atoms with E-state index in [1.54, 1.807) is 30.2 Å². The number of nitrogens with one attached hydrogen (secondary N) is 2. The first kappa shape index (κ1) is 15.3.